The van der Waals surface area contributed by atoms with Gasteiger partial charge in [-0.05, 0) is 49.2 Å². The molecule has 0 bridgehead atoms. The highest BCUT2D eigenvalue weighted by Gasteiger charge is 2.15. The highest BCUT2D eigenvalue weighted by atomic mass is 32.2. The first-order chi connectivity index (χ1) is 13.5. The smallest absolute Gasteiger partial charge is 0.319 e. The standard InChI is InChI=1S/C20H20F2N4OS/c1-13-5-6-15(12-14(13)2)28-19-16(4-3-8-25-19)18(27)24-9-7-17-23-10-11-26(17)20(21)22/h3-6,8,10-12,20H,7,9H2,1-2H3,(H,24,27). The Balaban J connectivity index is 1.67. The number of nitrogens with zero attached hydrogens (tertiary/aromatic N) is 3. The number of amides is 1. The Kier molecular flexibility index (Phi) is 6.41. The highest BCUT2D eigenvalue weighted by Crippen LogP contribution is 2.29. The molecule has 2 aromatic heterocycles. The molecule has 28 heavy (non-hydrogen) atoms. The molecule has 0 atom stereocenters. The van der Waals surface area contributed by atoms with Crippen LogP contribution in [-0.2, 0) is 6.42 Å². The summed E-state index contributed by atoms with van der Waals surface area (Å²) in [5.74, 6) is -0.0687. The van der Waals surface area contributed by atoms with Crippen molar-refractivity contribution < 1.29 is 13.6 Å². The first kappa shape index (κ1) is 20.0. The quantitative estimate of drug-likeness (QED) is 0.636. The number of hydrogen-bond donors (Lipinski definition) is 1. The third-order valence-electron chi connectivity index (χ3n) is 4.30. The van der Waals surface area contributed by atoms with Gasteiger partial charge >= 0.3 is 6.55 Å². The molecular weight excluding hydrogens is 382 g/mol. The zero-order valence-corrected chi connectivity index (χ0v) is 16.3. The van der Waals surface area contributed by atoms with Gasteiger partial charge in [0.05, 0.1) is 5.56 Å². The molecule has 0 unspecified atom stereocenters. The molecule has 0 aliphatic heterocycles. The molecule has 0 saturated heterocycles. The summed E-state index contributed by atoms with van der Waals surface area (Å²) in [5, 5.41) is 3.35. The van der Waals surface area contributed by atoms with Crippen LogP contribution in [0, 0.1) is 13.8 Å². The van der Waals surface area contributed by atoms with Gasteiger partial charge in [-0.2, -0.15) is 8.78 Å². The van der Waals surface area contributed by atoms with Crippen LogP contribution in [0.5, 0.6) is 0 Å². The van der Waals surface area contributed by atoms with E-state index in [1.807, 2.05) is 26.0 Å². The summed E-state index contributed by atoms with van der Waals surface area (Å²) in [4.78, 5) is 21.8. The van der Waals surface area contributed by atoms with Crippen LogP contribution in [-0.4, -0.2) is 27.0 Å². The van der Waals surface area contributed by atoms with Gasteiger partial charge in [0.1, 0.15) is 10.9 Å². The van der Waals surface area contributed by atoms with E-state index < -0.39 is 6.55 Å². The Morgan fingerprint density at radius 1 is 1.18 bits per heavy atom. The van der Waals surface area contributed by atoms with E-state index >= 15 is 0 Å². The van der Waals surface area contributed by atoms with Crippen molar-refractivity contribution in [1.29, 1.82) is 0 Å². The summed E-state index contributed by atoms with van der Waals surface area (Å²) >= 11 is 1.42. The van der Waals surface area contributed by atoms with Crippen molar-refractivity contribution in [3.05, 3.63) is 71.4 Å². The predicted octanol–water partition coefficient (Wildman–Crippen LogP) is 4.41. The van der Waals surface area contributed by atoms with Crippen LogP contribution in [0.4, 0.5) is 8.78 Å². The Morgan fingerprint density at radius 3 is 2.75 bits per heavy atom. The van der Waals surface area contributed by atoms with E-state index in [4.69, 9.17) is 0 Å². The van der Waals surface area contributed by atoms with Crippen LogP contribution >= 0.6 is 11.8 Å². The Labute approximate surface area is 166 Å². The molecule has 0 radical (unpaired) electrons. The molecule has 1 aromatic carbocycles. The van der Waals surface area contributed by atoms with Gasteiger partial charge in [-0.3, -0.25) is 9.36 Å². The third-order valence-corrected chi connectivity index (χ3v) is 5.31. The van der Waals surface area contributed by atoms with Gasteiger partial charge < -0.3 is 5.32 Å². The Bertz CT molecular complexity index is 974. The van der Waals surface area contributed by atoms with Crippen LogP contribution in [0.2, 0.25) is 0 Å². The van der Waals surface area contributed by atoms with Crippen LogP contribution < -0.4 is 5.32 Å². The molecule has 0 aliphatic rings. The number of aryl methyl sites for hydroxylation is 2. The number of rotatable bonds is 7. The molecule has 0 aliphatic carbocycles. The number of halogens is 2. The van der Waals surface area contributed by atoms with Crippen molar-refractivity contribution in [3.8, 4) is 0 Å². The number of nitrogens with one attached hydrogen (secondary N) is 1. The number of carbonyl (C=O) groups is 1. The van der Waals surface area contributed by atoms with Crippen LogP contribution in [0.1, 0.15) is 33.9 Å². The molecule has 0 fully saturated rings. The van der Waals surface area contributed by atoms with E-state index in [0.29, 0.717) is 10.6 Å². The zero-order valence-electron chi connectivity index (χ0n) is 15.5. The van der Waals surface area contributed by atoms with E-state index in [0.717, 1.165) is 9.46 Å². The van der Waals surface area contributed by atoms with Crippen molar-refractivity contribution in [2.75, 3.05) is 6.54 Å². The number of carbonyl (C=O) groups excluding carboxylic acids is 1. The molecule has 1 amide bonds. The van der Waals surface area contributed by atoms with Crippen LogP contribution in [0.3, 0.4) is 0 Å². The Morgan fingerprint density at radius 2 is 2.00 bits per heavy atom. The van der Waals surface area contributed by atoms with E-state index in [1.165, 1.54) is 35.3 Å². The highest BCUT2D eigenvalue weighted by molar-refractivity contribution is 7.99. The number of alkyl halides is 2. The second-order valence-corrected chi connectivity index (χ2v) is 7.30. The zero-order chi connectivity index (χ0) is 20.1. The third kappa shape index (κ3) is 4.75. The van der Waals surface area contributed by atoms with Crippen molar-refractivity contribution in [3.63, 3.8) is 0 Å². The molecule has 0 spiro atoms. The lowest BCUT2D eigenvalue weighted by atomic mass is 10.1. The lowest BCUT2D eigenvalue weighted by Crippen LogP contribution is -2.27. The monoisotopic (exact) mass is 402 g/mol. The molecule has 8 heteroatoms. The maximum atomic E-state index is 12.8. The summed E-state index contributed by atoms with van der Waals surface area (Å²) in [6.07, 6.45) is 4.40. The lowest BCUT2D eigenvalue weighted by molar-refractivity contribution is 0.0670. The average molecular weight is 402 g/mol. The summed E-state index contributed by atoms with van der Waals surface area (Å²) < 4.78 is 26.5. The maximum Gasteiger partial charge on any atom is 0.319 e. The summed E-state index contributed by atoms with van der Waals surface area (Å²) in [6, 6.07) is 9.48. The van der Waals surface area contributed by atoms with E-state index in [2.05, 4.69) is 21.4 Å². The number of aromatic nitrogens is 3. The molecule has 1 N–H and O–H groups in total. The minimum atomic E-state index is -2.65. The topological polar surface area (TPSA) is 59.8 Å². The number of pyridine rings is 1. The molecular formula is C20H20F2N4OS. The van der Waals surface area contributed by atoms with Gasteiger partial charge in [0.15, 0.2) is 0 Å². The van der Waals surface area contributed by atoms with Crippen LogP contribution in [0.25, 0.3) is 0 Å². The van der Waals surface area contributed by atoms with Crippen molar-refractivity contribution in [2.45, 2.75) is 36.7 Å². The van der Waals surface area contributed by atoms with Crippen LogP contribution in [0.15, 0.2) is 58.8 Å². The molecule has 2 heterocycles. The number of imidazole rings is 1. The first-order valence-electron chi connectivity index (χ1n) is 8.74. The predicted molar refractivity (Wildman–Crippen MR) is 104 cm³/mol. The molecule has 0 saturated carbocycles. The largest absolute Gasteiger partial charge is 0.352 e. The van der Waals surface area contributed by atoms with Gasteiger partial charge in [-0.25, -0.2) is 9.97 Å². The second-order valence-electron chi connectivity index (χ2n) is 6.24. The van der Waals surface area contributed by atoms with Crippen molar-refractivity contribution >= 4 is 17.7 Å². The second kappa shape index (κ2) is 8.97. The minimum Gasteiger partial charge on any atom is -0.352 e. The molecule has 3 aromatic rings. The molecule has 5 nitrogen and oxygen atoms in total. The minimum absolute atomic E-state index is 0.200. The molecule has 3 rings (SSSR count). The van der Waals surface area contributed by atoms with Gasteiger partial charge in [0, 0.05) is 36.5 Å². The summed E-state index contributed by atoms with van der Waals surface area (Å²) in [5.41, 5.74) is 2.81. The number of hydrogen-bond acceptors (Lipinski definition) is 4. The fraction of sp³-hybridized carbons (Fsp3) is 0.250. The van der Waals surface area contributed by atoms with Gasteiger partial charge in [-0.15, -0.1) is 0 Å². The SMILES string of the molecule is Cc1ccc(Sc2ncccc2C(=O)NCCc2nccn2C(F)F)cc1C. The number of benzene rings is 1. The van der Waals surface area contributed by atoms with Crippen molar-refractivity contribution in [2.24, 2.45) is 0 Å². The van der Waals surface area contributed by atoms with E-state index in [1.54, 1.807) is 18.3 Å². The first-order valence-corrected chi connectivity index (χ1v) is 9.55. The lowest BCUT2D eigenvalue weighted by Gasteiger charge is -2.10. The maximum absolute atomic E-state index is 12.8. The van der Waals surface area contributed by atoms with Gasteiger partial charge in [0.25, 0.3) is 5.91 Å². The summed E-state index contributed by atoms with van der Waals surface area (Å²) in [7, 11) is 0. The Hall–Kier alpha value is -2.74. The van der Waals surface area contributed by atoms with Crippen molar-refractivity contribution in [1.82, 2.24) is 19.9 Å². The van der Waals surface area contributed by atoms with E-state index in [9.17, 15) is 13.6 Å². The van der Waals surface area contributed by atoms with Gasteiger partial charge in [-0.1, -0.05) is 17.8 Å². The summed E-state index contributed by atoms with van der Waals surface area (Å²) in [6.45, 7) is 1.63. The molecule has 146 valence electrons. The average Bonchev–Trinajstić information content (AvgIpc) is 3.14. The fourth-order valence-electron chi connectivity index (χ4n) is 2.63. The normalized spacial score (nSPS) is 11.0. The van der Waals surface area contributed by atoms with E-state index in [-0.39, 0.29) is 24.7 Å². The van der Waals surface area contributed by atoms with Gasteiger partial charge in [0.2, 0.25) is 0 Å². The fourth-order valence-corrected chi connectivity index (χ4v) is 3.61.